The van der Waals surface area contributed by atoms with Crippen LogP contribution in [0, 0.1) is 0 Å². The SMILES string of the molecule is C=C1OCC(CC(=O)N(C)CN(C)C(=O)CC2COC(=O)O2)O1.C=C1OCC(CC(=O)N(CCCCCC)CN(CCCCCC)C(=O)CC2COC(=O)O2)O1.C=C1OCC(CC(=O)NCNC(=O)CC2COC(=O)O2)O1.O=C1OCC(CC(=O)N2CCN(C(=O)CC3COC(=O)O3)CC2)O1. The van der Waals surface area contributed by atoms with E-state index in [2.05, 4.69) is 63.2 Å². The largest absolute Gasteiger partial charge is 0.508 e. The average Bonchev–Trinajstić information content (AvgIpc) is 1.60. The summed E-state index contributed by atoms with van der Waals surface area (Å²) >= 11 is 0. The zero-order valence-corrected chi connectivity index (χ0v) is 57.6. The summed E-state index contributed by atoms with van der Waals surface area (Å²) in [6.45, 7) is 19.2. The van der Waals surface area contributed by atoms with Crippen LogP contribution >= 0.6 is 0 Å². The van der Waals surface area contributed by atoms with Crippen molar-refractivity contribution in [2.24, 2.45) is 0 Å². The lowest BCUT2D eigenvalue weighted by Gasteiger charge is -2.35. The van der Waals surface area contributed by atoms with Crippen LogP contribution in [-0.4, -0.2) is 282 Å². The van der Waals surface area contributed by atoms with Crippen molar-refractivity contribution in [1.29, 1.82) is 0 Å². The van der Waals surface area contributed by atoms with Crippen LogP contribution in [-0.2, 0) is 114 Å². The van der Waals surface area contributed by atoms with Crippen molar-refractivity contribution in [2.45, 2.75) is 165 Å². The molecule has 0 saturated carbocycles. The van der Waals surface area contributed by atoms with Crippen LogP contribution in [0.2, 0.25) is 0 Å². The molecule has 9 aliphatic rings. The molecule has 37 heteroatoms. The lowest BCUT2D eigenvalue weighted by molar-refractivity contribution is -0.142. The minimum atomic E-state index is -0.776. The zero-order chi connectivity index (χ0) is 73.4. The number of carbonyl (C=O) groups is 13. The molecule has 9 aliphatic heterocycles. The number of nitrogens with zero attached hydrogens (tertiary/aromatic N) is 6. The van der Waals surface area contributed by atoms with E-state index >= 15 is 0 Å². The van der Waals surface area contributed by atoms with Crippen molar-refractivity contribution in [3.63, 3.8) is 0 Å². The monoisotopic (exact) mass is 1440 g/mol. The smallest absolute Gasteiger partial charge is 0.462 e. The minimum Gasteiger partial charge on any atom is -0.462 e. The molecule has 0 spiro atoms. The van der Waals surface area contributed by atoms with Gasteiger partial charge in [0.15, 0.2) is 0 Å². The summed E-state index contributed by atoms with van der Waals surface area (Å²) in [5, 5.41) is 5.00. The van der Waals surface area contributed by atoms with Gasteiger partial charge in [0.05, 0.1) is 71.4 Å². The number of ether oxygens (including phenoxy) is 16. The first kappa shape index (κ1) is 80.1. The predicted octanol–water partition coefficient (Wildman–Crippen LogP) is 2.91. The molecule has 0 aromatic carbocycles. The lowest BCUT2D eigenvalue weighted by atomic mass is 10.1. The van der Waals surface area contributed by atoms with Gasteiger partial charge >= 0.3 is 30.8 Å². The Kier molecular flexibility index (Phi) is 33.0. The van der Waals surface area contributed by atoms with Gasteiger partial charge in [0.2, 0.25) is 47.3 Å². The van der Waals surface area contributed by atoms with E-state index < -0.39 is 61.3 Å². The second kappa shape index (κ2) is 41.6. The normalized spacial score (nSPS) is 22.7. The highest BCUT2D eigenvalue weighted by molar-refractivity contribution is 5.82. The summed E-state index contributed by atoms with van der Waals surface area (Å²) in [6, 6.07) is 0. The third-order valence-corrected chi connectivity index (χ3v) is 16.1. The zero-order valence-electron chi connectivity index (χ0n) is 57.6. The first-order valence-electron chi connectivity index (χ1n) is 33.6. The fraction of sp³-hybridized carbons (Fsp3) is 0.703. The maximum Gasteiger partial charge on any atom is 0.508 e. The Bertz CT molecular complexity index is 2720. The fourth-order valence-corrected chi connectivity index (χ4v) is 10.6. The summed E-state index contributed by atoms with van der Waals surface area (Å²) in [5.41, 5.74) is 0. The van der Waals surface area contributed by atoms with E-state index in [0.29, 0.717) is 52.5 Å². The van der Waals surface area contributed by atoms with Crippen LogP contribution in [0.3, 0.4) is 0 Å². The number of unbranched alkanes of at least 4 members (excludes halogenated alkanes) is 6. The van der Waals surface area contributed by atoms with Crippen molar-refractivity contribution < 1.29 is 138 Å². The maximum atomic E-state index is 13.1. The van der Waals surface area contributed by atoms with Gasteiger partial charge < -0.3 is 116 Å². The number of carbonyl (C=O) groups excluding carboxylic acids is 13. The number of piperazine rings is 1. The van der Waals surface area contributed by atoms with E-state index in [1.54, 1.807) is 33.7 Å². The van der Waals surface area contributed by atoms with Crippen LogP contribution in [0.25, 0.3) is 0 Å². The first-order valence-corrected chi connectivity index (χ1v) is 33.6. The number of amides is 8. The summed E-state index contributed by atoms with van der Waals surface area (Å²) in [6.07, 6.45) is 1.17. The number of hydrogen-bond donors (Lipinski definition) is 2. The van der Waals surface area contributed by atoms with E-state index in [1.807, 2.05) is 0 Å². The second-order valence-electron chi connectivity index (χ2n) is 24.4. The van der Waals surface area contributed by atoms with Gasteiger partial charge in [0.1, 0.15) is 102 Å². The van der Waals surface area contributed by atoms with Crippen LogP contribution < -0.4 is 10.6 Å². The van der Waals surface area contributed by atoms with E-state index in [9.17, 15) is 62.3 Å². The molecule has 8 atom stereocenters. The van der Waals surface area contributed by atoms with Gasteiger partial charge in [-0.2, -0.15) is 0 Å². The molecule has 8 unspecified atom stereocenters. The van der Waals surface area contributed by atoms with Gasteiger partial charge in [0, 0.05) is 53.4 Å². The highest BCUT2D eigenvalue weighted by Gasteiger charge is 2.37. The maximum absolute atomic E-state index is 13.1. The van der Waals surface area contributed by atoms with Crippen molar-refractivity contribution in [1.82, 2.24) is 40.0 Å². The molecule has 37 nitrogen and oxygen atoms in total. The van der Waals surface area contributed by atoms with E-state index in [1.165, 1.54) is 9.80 Å². The molecule has 9 rings (SSSR count). The van der Waals surface area contributed by atoms with Crippen molar-refractivity contribution in [3.8, 4) is 0 Å². The van der Waals surface area contributed by atoms with Crippen molar-refractivity contribution in [3.05, 3.63) is 37.6 Å². The van der Waals surface area contributed by atoms with Gasteiger partial charge in [-0.1, -0.05) is 52.4 Å². The molecule has 8 amide bonds. The molecular formula is C64H94N8O29. The molecule has 9 heterocycles. The third kappa shape index (κ3) is 29.5. The van der Waals surface area contributed by atoms with Crippen molar-refractivity contribution in [2.75, 3.05) is 126 Å². The van der Waals surface area contributed by atoms with E-state index in [-0.39, 0.29) is 194 Å². The molecule has 564 valence electrons. The summed E-state index contributed by atoms with van der Waals surface area (Å²) in [4.78, 5) is 162. The van der Waals surface area contributed by atoms with Crippen LogP contribution in [0.1, 0.15) is 117 Å². The highest BCUT2D eigenvalue weighted by Crippen LogP contribution is 2.22. The van der Waals surface area contributed by atoms with E-state index in [0.717, 1.165) is 51.4 Å². The molecule has 0 radical (unpaired) electrons. The van der Waals surface area contributed by atoms with Crippen LogP contribution in [0.15, 0.2) is 37.6 Å². The third-order valence-electron chi connectivity index (χ3n) is 16.1. The molecular weight excluding hydrogens is 1340 g/mol. The first-order chi connectivity index (χ1) is 48.3. The van der Waals surface area contributed by atoms with Gasteiger partial charge in [0.25, 0.3) is 17.8 Å². The highest BCUT2D eigenvalue weighted by atomic mass is 16.8. The number of rotatable bonds is 32. The summed E-state index contributed by atoms with van der Waals surface area (Å²) < 4.78 is 78.6. The molecule has 9 saturated heterocycles. The minimum absolute atomic E-state index is 0.0129. The van der Waals surface area contributed by atoms with E-state index in [4.69, 9.17) is 56.8 Å². The molecule has 0 aromatic heterocycles. The standard InChI is InChI=1S/C24H40N2O7.C14H18N2O8.C14H20N2O7.C12H16N2O7/c1-4-6-8-10-12-25(22(27)14-20-16-30-19(3)32-20)18-26(13-11-9-7-5-2)23(28)15-21-17-31-24(29)33-21;17-11(5-9-7-21-13(19)23-9)15-1-2-16(4-3-15)12(18)6-10-8-22-14(20)24-10;1-9-20-6-10(22-9)4-12(17)15(2)8-16(3)13(18)5-11-7-21-14(19)23-11;1-7-18-4-8(20-7)2-10(15)13-6-14-11(16)3-9-5-19-12(17)21-9/h20-21H,3-18H2,1-2H3;9-10H,1-8H2;10-11H,1,4-8H2,2-3H3;8-9H,1-6H2,(H,13,15)(H,14,16). The Morgan fingerprint density at radius 1 is 0.366 bits per heavy atom. The Morgan fingerprint density at radius 3 is 0.931 bits per heavy atom. The Morgan fingerprint density at radius 2 is 0.644 bits per heavy atom. The van der Waals surface area contributed by atoms with Crippen LogP contribution in [0.4, 0.5) is 24.0 Å². The van der Waals surface area contributed by atoms with Crippen molar-refractivity contribution >= 4 is 78.0 Å². The van der Waals surface area contributed by atoms with Gasteiger partial charge in [-0.25, -0.2) is 24.0 Å². The Labute approximate surface area is 583 Å². The number of hydrogen-bond acceptors (Lipinski definition) is 29. The topological polar surface area (TPSA) is 413 Å². The Balaban J connectivity index is 0.000000215. The summed E-state index contributed by atoms with van der Waals surface area (Å²) in [7, 11) is 3.16. The summed E-state index contributed by atoms with van der Waals surface area (Å²) in [5.74, 6) is -0.894. The van der Waals surface area contributed by atoms with Gasteiger partial charge in [-0.05, 0) is 32.6 Å². The molecule has 2 N–H and O–H groups in total. The predicted molar refractivity (Wildman–Crippen MR) is 339 cm³/mol. The van der Waals surface area contributed by atoms with Gasteiger partial charge in [-0.3, -0.25) is 38.4 Å². The second-order valence-corrected chi connectivity index (χ2v) is 24.4. The molecule has 0 aliphatic carbocycles. The number of cyclic esters (lactones) is 10. The Hall–Kier alpha value is -9.87. The van der Waals surface area contributed by atoms with Crippen LogP contribution in [0.5, 0.6) is 0 Å². The lowest BCUT2D eigenvalue weighted by Crippen LogP contribution is -2.51. The fourth-order valence-electron chi connectivity index (χ4n) is 10.6. The molecule has 101 heavy (non-hydrogen) atoms. The number of nitrogens with one attached hydrogen (secondary N) is 2. The average molecular weight is 1440 g/mol. The molecule has 0 aromatic rings. The quantitative estimate of drug-likeness (QED) is 0.0423. The van der Waals surface area contributed by atoms with Gasteiger partial charge in [-0.15, -0.1) is 0 Å². The molecule has 9 fully saturated rings. The molecule has 0 bridgehead atoms.